The highest BCUT2D eigenvalue weighted by atomic mass is 16.5. The average molecular weight is 293 g/mol. The molecule has 0 N–H and O–H groups in total. The number of nitrogens with zero attached hydrogens (tertiary/aromatic N) is 5. The minimum absolute atomic E-state index is 0.0348. The predicted octanol–water partition coefficient (Wildman–Crippen LogP) is 0.0197. The molecule has 0 saturated heterocycles. The Bertz CT molecular complexity index is 634. The summed E-state index contributed by atoms with van der Waals surface area (Å²) >= 11 is 0. The number of hydrogen-bond acceptors (Lipinski definition) is 7. The minimum Gasteiger partial charge on any atom is -0.465 e. The second-order valence-electron chi connectivity index (χ2n) is 4.43. The van der Waals surface area contributed by atoms with E-state index in [-0.39, 0.29) is 19.0 Å². The monoisotopic (exact) mass is 293 g/mol. The summed E-state index contributed by atoms with van der Waals surface area (Å²) in [5.41, 5.74) is 0.355. The van der Waals surface area contributed by atoms with Crippen LogP contribution < -0.4 is 0 Å². The van der Waals surface area contributed by atoms with Gasteiger partial charge in [0, 0.05) is 7.05 Å². The Balaban J connectivity index is 2.00. The lowest BCUT2D eigenvalue weighted by molar-refractivity contribution is -0.131. The van der Waals surface area contributed by atoms with Crippen LogP contribution in [0, 0.1) is 6.92 Å². The van der Waals surface area contributed by atoms with Gasteiger partial charge in [0.25, 0.3) is 0 Å². The molecule has 9 nitrogen and oxygen atoms in total. The Hall–Kier alpha value is -2.71. The molecule has 9 heteroatoms. The third-order valence-electron chi connectivity index (χ3n) is 2.88. The Kier molecular flexibility index (Phi) is 4.31. The van der Waals surface area contributed by atoms with Gasteiger partial charge in [-0.3, -0.25) is 4.79 Å². The predicted molar refractivity (Wildman–Crippen MR) is 69.1 cm³/mol. The van der Waals surface area contributed by atoms with Gasteiger partial charge in [-0.15, -0.1) is 5.10 Å². The molecule has 2 rings (SSSR count). The van der Waals surface area contributed by atoms with E-state index in [2.05, 4.69) is 20.3 Å². The number of carbonyl (C=O) groups excluding carboxylic acids is 2. The summed E-state index contributed by atoms with van der Waals surface area (Å²) in [7, 11) is 2.93. The Morgan fingerprint density at radius 3 is 2.86 bits per heavy atom. The van der Waals surface area contributed by atoms with Crippen LogP contribution in [-0.4, -0.2) is 51.1 Å². The van der Waals surface area contributed by atoms with Gasteiger partial charge in [0.05, 0.1) is 13.7 Å². The van der Waals surface area contributed by atoms with Gasteiger partial charge in [0.1, 0.15) is 30.0 Å². The van der Waals surface area contributed by atoms with Gasteiger partial charge in [-0.1, -0.05) is 0 Å². The van der Waals surface area contributed by atoms with E-state index in [0.29, 0.717) is 17.1 Å². The highest BCUT2D eigenvalue weighted by molar-refractivity contribution is 5.90. The molecule has 0 radical (unpaired) electrons. The van der Waals surface area contributed by atoms with E-state index in [1.54, 1.807) is 20.0 Å². The topological polar surface area (TPSA) is 103 Å². The number of hydrogen-bond donors (Lipinski definition) is 0. The van der Waals surface area contributed by atoms with Crippen molar-refractivity contribution in [3.05, 3.63) is 29.5 Å². The highest BCUT2D eigenvalue weighted by Crippen LogP contribution is 2.17. The van der Waals surface area contributed by atoms with Crippen LogP contribution in [0.1, 0.15) is 21.9 Å². The number of tetrazole rings is 1. The lowest BCUT2D eigenvalue weighted by Gasteiger charge is -2.15. The number of aryl methyl sites for hydroxylation is 1. The van der Waals surface area contributed by atoms with Crippen LogP contribution in [0.25, 0.3) is 0 Å². The second kappa shape index (κ2) is 6.16. The molecule has 0 atom stereocenters. The van der Waals surface area contributed by atoms with Crippen LogP contribution in [0.5, 0.6) is 0 Å². The molecule has 0 saturated carbocycles. The number of amides is 1. The highest BCUT2D eigenvalue weighted by Gasteiger charge is 2.18. The lowest BCUT2D eigenvalue weighted by atomic mass is 10.2. The molecular formula is C12H15N5O4. The molecule has 0 unspecified atom stereocenters. The van der Waals surface area contributed by atoms with E-state index in [1.807, 2.05) is 0 Å². The summed E-state index contributed by atoms with van der Waals surface area (Å²) < 4.78 is 11.4. The third-order valence-corrected chi connectivity index (χ3v) is 2.88. The van der Waals surface area contributed by atoms with E-state index in [9.17, 15) is 9.59 Å². The van der Waals surface area contributed by atoms with Crippen LogP contribution in [0.2, 0.25) is 0 Å². The molecular weight excluding hydrogens is 278 g/mol. The van der Waals surface area contributed by atoms with Gasteiger partial charge >= 0.3 is 5.97 Å². The zero-order valence-corrected chi connectivity index (χ0v) is 11.9. The number of rotatable bonds is 5. The van der Waals surface area contributed by atoms with E-state index in [1.165, 1.54) is 23.0 Å². The van der Waals surface area contributed by atoms with Crippen LogP contribution in [0.3, 0.4) is 0 Å². The first kappa shape index (κ1) is 14.7. The van der Waals surface area contributed by atoms with Crippen molar-refractivity contribution < 1.29 is 18.7 Å². The van der Waals surface area contributed by atoms with Gasteiger partial charge in [-0.2, -0.15) is 0 Å². The number of ether oxygens (including phenoxy) is 1. The second-order valence-corrected chi connectivity index (χ2v) is 4.43. The molecule has 2 aromatic rings. The molecule has 0 aliphatic heterocycles. The molecule has 21 heavy (non-hydrogen) atoms. The summed E-state index contributed by atoms with van der Waals surface area (Å²) in [4.78, 5) is 24.9. The van der Waals surface area contributed by atoms with Gasteiger partial charge in [-0.05, 0) is 23.4 Å². The van der Waals surface area contributed by atoms with Gasteiger partial charge < -0.3 is 14.1 Å². The summed E-state index contributed by atoms with van der Waals surface area (Å²) in [5.74, 6) is 0.305. The summed E-state index contributed by atoms with van der Waals surface area (Å²) in [6, 6.07) is 1.57. The van der Waals surface area contributed by atoms with Crippen LogP contribution in [0.4, 0.5) is 0 Å². The maximum Gasteiger partial charge on any atom is 0.341 e. The van der Waals surface area contributed by atoms with Crippen molar-refractivity contribution in [3.63, 3.8) is 0 Å². The van der Waals surface area contributed by atoms with Crippen molar-refractivity contribution in [3.8, 4) is 0 Å². The Labute approximate surface area is 120 Å². The number of furan rings is 1. The minimum atomic E-state index is -0.467. The quantitative estimate of drug-likeness (QED) is 0.716. The standard InChI is InChI=1S/C12H15N5O4/c1-8-10(12(19)20-3)4-9(21-8)5-16(2)11(18)6-17-7-13-14-15-17/h4,7H,5-6H2,1-3H3. The van der Waals surface area contributed by atoms with Gasteiger partial charge in [0.15, 0.2) is 0 Å². The van der Waals surface area contributed by atoms with Crippen LogP contribution in [0.15, 0.2) is 16.8 Å². The first-order valence-electron chi connectivity index (χ1n) is 6.13. The molecule has 1 amide bonds. The smallest absolute Gasteiger partial charge is 0.341 e. The molecule has 0 aliphatic rings. The van der Waals surface area contributed by atoms with Gasteiger partial charge in [-0.25, -0.2) is 9.48 Å². The number of esters is 1. The van der Waals surface area contributed by atoms with E-state index in [4.69, 9.17) is 4.42 Å². The Morgan fingerprint density at radius 1 is 1.48 bits per heavy atom. The fourth-order valence-corrected chi connectivity index (χ4v) is 1.77. The molecule has 0 aliphatic carbocycles. The maximum atomic E-state index is 12.0. The molecule has 0 fully saturated rings. The fourth-order valence-electron chi connectivity index (χ4n) is 1.77. The number of carbonyl (C=O) groups is 2. The summed E-state index contributed by atoms with van der Waals surface area (Å²) in [6.07, 6.45) is 1.36. The van der Waals surface area contributed by atoms with E-state index >= 15 is 0 Å². The van der Waals surface area contributed by atoms with Crippen molar-refractivity contribution in [1.29, 1.82) is 0 Å². The third kappa shape index (κ3) is 3.44. The lowest BCUT2D eigenvalue weighted by Crippen LogP contribution is -2.29. The first-order chi connectivity index (χ1) is 10.0. The molecule has 0 bridgehead atoms. The zero-order chi connectivity index (χ0) is 15.4. The summed E-state index contributed by atoms with van der Waals surface area (Å²) in [6.45, 7) is 1.94. The number of likely N-dealkylation sites (N-methyl/N-ethyl adjacent to an activating group) is 1. The Morgan fingerprint density at radius 2 is 2.24 bits per heavy atom. The average Bonchev–Trinajstić information content (AvgIpc) is 3.07. The first-order valence-corrected chi connectivity index (χ1v) is 6.13. The van der Waals surface area contributed by atoms with Gasteiger partial charge in [0.2, 0.25) is 5.91 Å². The summed E-state index contributed by atoms with van der Waals surface area (Å²) in [5, 5.41) is 10.5. The number of aromatic nitrogens is 4. The molecule has 2 heterocycles. The van der Waals surface area contributed by atoms with Crippen LogP contribution >= 0.6 is 0 Å². The zero-order valence-electron chi connectivity index (χ0n) is 11.9. The molecule has 2 aromatic heterocycles. The van der Waals surface area contributed by atoms with Crippen molar-refractivity contribution in [2.75, 3.05) is 14.2 Å². The SMILES string of the molecule is COC(=O)c1cc(CN(C)C(=O)Cn2cnnn2)oc1C. The van der Waals surface area contributed by atoms with Crippen molar-refractivity contribution >= 4 is 11.9 Å². The van der Waals surface area contributed by atoms with E-state index in [0.717, 1.165) is 0 Å². The molecule has 112 valence electrons. The van der Waals surface area contributed by atoms with Crippen LogP contribution in [-0.2, 0) is 22.6 Å². The molecule has 0 aromatic carbocycles. The van der Waals surface area contributed by atoms with Crippen molar-refractivity contribution in [2.45, 2.75) is 20.0 Å². The fraction of sp³-hybridized carbons (Fsp3) is 0.417. The van der Waals surface area contributed by atoms with Crippen molar-refractivity contribution in [1.82, 2.24) is 25.1 Å². The van der Waals surface area contributed by atoms with Crippen molar-refractivity contribution in [2.24, 2.45) is 0 Å². The van der Waals surface area contributed by atoms with E-state index < -0.39 is 5.97 Å². The largest absolute Gasteiger partial charge is 0.465 e. The maximum absolute atomic E-state index is 12.0. The normalized spacial score (nSPS) is 10.4. The molecule has 0 spiro atoms. The number of methoxy groups -OCH3 is 1.